The van der Waals surface area contributed by atoms with E-state index >= 15 is 0 Å². The molecule has 1 aliphatic heterocycles. The lowest BCUT2D eigenvalue weighted by Crippen LogP contribution is -2.25. The molecule has 2 N–H and O–H groups in total. The van der Waals surface area contributed by atoms with E-state index in [0.717, 1.165) is 45.0 Å². The van der Waals surface area contributed by atoms with E-state index in [0.29, 0.717) is 12.5 Å². The van der Waals surface area contributed by atoms with Crippen LogP contribution >= 0.6 is 0 Å². The summed E-state index contributed by atoms with van der Waals surface area (Å²) in [6.07, 6.45) is 4.73. The number of aromatic nitrogens is 2. The van der Waals surface area contributed by atoms with E-state index in [-0.39, 0.29) is 6.04 Å². The fraction of sp³-hybridized carbons (Fsp3) is 0.786. The lowest BCUT2D eigenvalue weighted by Gasteiger charge is -2.19. The van der Waals surface area contributed by atoms with Gasteiger partial charge in [-0.1, -0.05) is 0 Å². The summed E-state index contributed by atoms with van der Waals surface area (Å²) in [5.74, 6) is 0.403. The van der Waals surface area contributed by atoms with E-state index in [1.54, 1.807) is 0 Å². The van der Waals surface area contributed by atoms with Crippen molar-refractivity contribution < 1.29 is 9.47 Å². The lowest BCUT2D eigenvalue weighted by atomic mass is 9.97. The Morgan fingerprint density at radius 1 is 1.55 bits per heavy atom. The molecule has 20 heavy (non-hydrogen) atoms. The molecule has 0 aliphatic carbocycles. The second-order valence-corrected chi connectivity index (χ2v) is 5.58. The second-order valence-electron chi connectivity index (χ2n) is 5.58. The van der Waals surface area contributed by atoms with Crippen LogP contribution in [0.4, 0.5) is 0 Å². The van der Waals surface area contributed by atoms with Crippen molar-refractivity contribution in [2.75, 3.05) is 47.1 Å². The monoisotopic (exact) mass is 282 g/mol. The first-order valence-electron chi connectivity index (χ1n) is 7.24. The average molecular weight is 282 g/mol. The molecule has 0 saturated carbocycles. The zero-order valence-corrected chi connectivity index (χ0v) is 12.5. The topological polar surface area (TPSA) is 65.5 Å². The lowest BCUT2D eigenvalue weighted by molar-refractivity contribution is 0.110. The van der Waals surface area contributed by atoms with Crippen molar-refractivity contribution in [3.05, 3.63) is 18.2 Å². The van der Waals surface area contributed by atoms with E-state index in [1.807, 2.05) is 26.6 Å². The van der Waals surface area contributed by atoms with Gasteiger partial charge in [-0.25, -0.2) is 4.98 Å². The molecule has 1 aromatic rings. The van der Waals surface area contributed by atoms with Gasteiger partial charge in [0.25, 0.3) is 0 Å². The first-order valence-corrected chi connectivity index (χ1v) is 7.24. The fourth-order valence-electron chi connectivity index (χ4n) is 2.38. The summed E-state index contributed by atoms with van der Waals surface area (Å²) in [6, 6.07) is 0.00164. The van der Waals surface area contributed by atoms with Gasteiger partial charge in [0.15, 0.2) is 0 Å². The fourth-order valence-corrected chi connectivity index (χ4v) is 2.38. The minimum absolute atomic E-state index is 0.00164. The largest absolute Gasteiger partial charge is 0.381 e. The molecule has 1 aliphatic rings. The van der Waals surface area contributed by atoms with E-state index in [1.165, 1.54) is 0 Å². The van der Waals surface area contributed by atoms with E-state index < -0.39 is 0 Å². The van der Waals surface area contributed by atoms with E-state index in [2.05, 4.69) is 14.5 Å². The summed E-state index contributed by atoms with van der Waals surface area (Å²) in [4.78, 5) is 6.33. The molecule has 0 aromatic carbocycles. The SMILES string of the molecule is CN(C)CCOCCn1cncc1C(N)C1CCOC1. The van der Waals surface area contributed by atoms with Gasteiger partial charge in [0.2, 0.25) is 0 Å². The smallest absolute Gasteiger partial charge is 0.0949 e. The van der Waals surface area contributed by atoms with Crippen LogP contribution < -0.4 is 5.73 Å². The maximum Gasteiger partial charge on any atom is 0.0949 e. The van der Waals surface area contributed by atoms with Gasteiger partial charge >= 0.3 is 0 Å². The van der Waals surface area contributed by atoms with Crippen molar-refractivity contribution in [1.82, 2.24) is 14.5 Å². The Labute approximate surface area is 120 Å². The van der Waals surface area contributed by atoms with Crippen LogP contribution in [0, 0.1) is 5.92 Å². The number of hydrogen-bond acceptors (Lipinski definition) is 5. The maximum absolute atomic E-state index is 6.33. The summed E-state index contributed by atoms with van der Waals surface area (Å²) in [6.45, 7) is 4.75. The minimum Gasteiger partial charge on any atom is -0.381 e. The van der Waals surface area contributed by atoms with Crippen molar-refractivity contribution in [1.29, 1.82) is 0 Å². The molecule has 2 unspecified atom stereocenters. The van der Waals surface area contributed by atoms with Gasteiger partial charge in [-0.05, 0) is 20.5 Å². The summed E-state index contributed by atoms with van der Waals surface area (Å²) >= 11 is 0. The van der Waals surface area contributed by atoms with Crippen molar-refractivity contribution >= 4 is 0 Å². The molecular weight excluding hydrogens is 256 g/mol. The molecule has 2 atom stereocenters. The first-order chi connectivity index (χ1) is 9.68. The zero-order chi connectivity index (χ0) is 14.4. The Morgan fingerprint density at radius 3 is 3.10 bits per heavy atom. The normalized spacial score (nSPS) is 20.7. The third-order valence-electron chi connectivity index (χ3n) is 3.72. The highest BCUT2D eigenvalue weighted by Gasteiger charge is 2.26. The molecule has 2 heterocycles. The Balaban J connectivity index is 1.79. The summed E-state index contributed by atoms with van der Waals surface area (Å²) < 4.78 is 13.1. The van der Waals surface area contributed by atoms with Crippen LogP contribution in [0.25, 0.3) is 0 Å². The van der Waals surface area contributed by atoms with Gasteiger partial charge in [-0.2, -0.15) is 0 Å². The number of ether oxygens (including phenoxy) is 2. The van der Waals surface area contributed by atoms with Gasteiger partial charge in [0.05, 0.1) is 37.9 Å². The third kappa shape index (κ3) is 4.28. The van der Waals surface area contributed by atoms with Gasteiger partial charge in [0.1, 0.15) is 0 Å². The van der Waals surface area contributed by atoms with Crippen LogP contribution in [0.5, 0.6) is 0 Å². The Bertz CT molecular complexity index is 388. The average Bonchev–Trinajstić information content (AvgIpc) is 3.08. The van der Waals surface area contributed by atoms with Crippen LogP contribution in [-0.2, 0) is 16.0 Å². The maximum atomic E-state index is 6.33. The second kappa shape index (κ2) is 7.73. The molecule has 1 saturated heterocycles. The Hall–Kier alpha value is -0.950. The van der Waals surface area contributed by atoms with Crippen molar-refractivity contribution in [2.45, 2.75) is 19.0 Å². The number of hydrogen-bond donors (Lipinski definition) is 1. The van der Waals surface area contributed by atoms with Crippen LogP contribution in [0.3, 0.4) is 0 Å². The van der Waals surface area contributed by atoms with Crippen LogP contribution in [0.1, 0.15) is 18.2 Å². The highest BCUT2D eigenvalue weighted by molar-refractivity contribution is 5.07. The number of nitrogens with two attached hydrogens (primary N) is 1. The third-order valence-corrected chi connectivity index (χ3v) is 3.72. The molecular formula is C14H26N4O2. The van der Waals surface area contributed by atoms with Crippen LogP contribution in [0.2, 0.25) is 0 Å². The van der Waals surface area contributed by atoms with Crippen molar-refractivity contribution in [3.8, 4) is 0 Å². The minimum atomic E-state index is 0.00164. The highest BCUT2D eigenvalue weighted by Crippen LogP contribution is 2.26. The quantitative estimate of drug-likeness (QED) is 0.703. The molecule has 6 nitrogen and oxygen atoms in total. The number of nitrogens with zero attached hydrogens (tertiary/aromatic N) is 3. The van der Waals surface area contributed by atoms with Gasteiger partial charge < -0.3 is 24.7 Å². The highest BCUT2D eigenvalue weighted by atomic mass is 16.5. The number of rotatable bonds is 8. The molecule has 0 amide bonds. The Morgan fingerprint density at radius 2 is 2.40 bits per heavy atom. The predicted octanol–water partition coefficient (Wildman–Crippen LogP) is 0.498. The van der Waals surface area contributed by atoms with Crippen LogP contribution in [0.15, 0.2) is 12.5 Å². The van der Waals surface area contributed by atoms with E-state index in [9.17, 15) is 0 Å². The molecule has 0 radical (unpaired) electrons. The number of likely N-dealkylation sites (N-methyl/N-ethyl adjacent to an activating group) is 1. The standard InChI is InChI=1S/C14H26N4O2/c1-17(2)4-7-19-8-5-18-11-16-9-13(18)14(15)12-3-6-20-10-12/h9,11-12,14H,3-8,10,15H2,1-2H3. The molecule has 0 bridgehead atoms. The van der Waals surface area contributed by atoms with Gasteiger partial charge in [0, 0.05) is 31.8 Å². The Kier molecular flexibility index (Phi) is 5.97. The van der Waals surface area contributed by atoms with Gasteiger partial charge in [-0.3, -0.25) is 0 Å². The van der Waals surface area contributed by atoms with Crippen molar-refractivity contribution in [2.24, 2.45) is 11.7 Å². The molecule has 114 valence electrons. The first kappa shape index (κ1) is 15.4. The number of imidazole rings is 1. The molecule has 2 rings (SSSR count). The summed E-state index contributed by atoms with van der Waals surface area (Å²) in [5, 5.41) is 0. The zero-order valence-electron chi connectivity index (χ0n) is 12.5. The molecule has 1 fully saturated rings. The van der Waals surface area contributed by atoms with Crippen molar-refractivity contribution in [3.63, 3.8) is 0 Å². The molecule has 0 spiro atoms. The van der Waals surface area contributed by atoms with Gasteiger partial charge in [-0.15, -0.1) is 0 Å². The summed E-state index contributed by atoms with van der Waals surface area (Å²) in [5.41, 5.74) is 7.41. The molecule has 1 aromatic heterocycles. The summed E-state index contributed by atoms with van der Waals surface area (Å²) in [7, 11) is 4.08. The molecule has 6 heteroatoms. The van der Waals surface area contributed by atoms with Crippen LogP contribution in [-0.4, -0.2) is 61.5 Å². The predicted molar refractivity (Wildman–Crippen MR) is 77.5 cm³/mol. The van der Waals surface area contributed by atoms with E-state index in [4.69, 9.17) is 15.2 Å².